The summed E-state index contributed by atoms with van der Waals surface area (Å²) in [5, 5.41) is 7.77. The molecule has 2 heterocycles. The van der Waals surface area contributed by atoms with Crippen LogP contribution in [-0.2, 0) is 7.05 Å². The molecule has 0 aliphatic carbocycles. The van der Waals surface area contributed by atoms with Gasteiger partial charge < -0.3 is 15.1 Å². The summed E-state index contributed by atoms with van der Waals surface area (Å²) in [6.07, 6.45) is 4.02. The van der Waals surface area contributed by atoms with Gasteiger partial charge in [-0.25, -0.2) is 0 Å². The highest BCUT2D eigenvalue weighted by Gasteiger charge is 2.29. The zero-order valence-corrected chi connectivity index (χ0v) is 16.7. The van der Waals surface area contributed by atoms with E-state index < -0.39 is 0 Å². The molecular weight excluding hydrogens is 320 g/mol. The molecule has 1 fully saturated rings. The third-order valence-corrected chi connectivity index (χ3v) is 5.50. The van der Waals surface area contributed by atoms with Crippen LogP contribution in [0.1, 0.15) is 32.4 Å². The zero-order valence-electron chi connectivity index (χ0n) is 15.9. The van der Waals surface area contributed by atoms with Gasteiger partial charge in [0.15, 0.2) is 5.96 Å². The first-order chi connectivity index (χ1) is 11.3. The van der Waals surface area contributed by atoms with Crippen LogP contribution in [0.3, 0.4) is 0 Å². The highest BCUT2D eigenvalue weighted by Crippen LogP contribution is 2.29. The Hall–Kier alpha value is -1.21. The third kappa shape index (κ3) is 5.14. The van der Waals surface area contributed by atoms with Crippen LogP contribution in [0.25, 0.3) is 0 Å². The van der Waals surface area contributed by atoms with E-state index in [0.29, 0.717) is 0 Å². The van der Waals surface area contributed by atoms with E-state index in [0.717, 1.165) is 37.9 Å². The Morgan fingerprint density at radius 2 is 2.25 bits per heavy atom. The lowest BCUT2D eigenvalue weighted by Crippen LogP contribution is -2.51. The number of hydrogen-bond acceptors (Lipinski definition) is 4. The van der Waals surface area contributed by atoms with Gasteiger partial charge in [-0.1, -0.05) is 0 Å². The molecule has 0 radical (unpaired) electrons. The molecule has 0 amide bonds. The standard InChI is InChI=1S/C17H32N6S/c1-7-18-16(23-8-9-24-17(2,3)13-23)19-11-15(21(4)5)14-10-20-22(6)12-14/h10,12,15H,7-9,11,13H2,1-6H3,(H,18,19). The minimum atomic E-state index is 0.236. The van der Waals surface area contributed by atoms with E-state index in [1.54, 1.807) is 0 Å². The van der Waals surface area contributed by atoms with Gasteiger partial charge in [-0.3, -0.25) is 9.67 Å². The molecule has 6 nitrogen and oxygen atoms in total. The Labute approximate surface area is 150 Å². The van der Waals surface area contributed by atoms with E-state index in [1.807, 2.05) is 29.7 Å². The van der Waals surface area contributed by atoms with Crippen molar-refractivity contribution in [3.8, 4) is 0 Å². The Bertz CT molecular complexity index is 551. The van der Waals surface area contributed by atoms with Crippen LogP contribution in [0, 0.1) is 0 Å². The Kier molecular flexibility index (Phi) is 6.57. The van der Waals surface area contributed by atoms with E-state index in [9.17, 15) is 0 Å². The molecule has 136 valence electrons. The molecule has 0 saturated carbocycles. The Morgan fingerprint density at radius 3 is 2.79 bits per heavy atom. The number of aliphatic imine (C=N–C) groups is 1. The molecular formula is C17H32N6S. The van der Waals surface area contributed by atoms with Crippen LogP contribution in [-0.4, -0.2) is 76.3 Å². The molecule has 0 spiro atoms. The summed E-state index contributed by atoms with van der Waals surface area (Å²) in [5.74, 6) is 2.18. The molecule has 1 aromatic heterocycles. The van der Waals surface area contributed by atoms with Gasteiger partial charge >= 0.3 is 0 Å². The number of aromatic nitrogens is 2. The molecule has 24 heavy (non-hydrogen) atoms. The van der Waals surface area contributed by atoms with Crippen LogP contribution in [0.5, 0.6) is 0 Å². The van der Waals surface area contributed by atoms with Gasteiger partial charge in [-0.15, -0.1) is 0 Å². The van der Waals surface area contributed by atoms with Crippen molar-refractivity contribution in [3.05, 3.63) is 18.0 Å². The average molecular weight is 353 g/mol. The van der Waals surface area contributed by atoms with Gasteiger partial charge in [0.05, 0.1) is 18.8 Å². The lowest BCUT2D eigenvalue weighted by atomic mass is 10.1. The number of nitrogens with one attached hydrogen (secondary N) is 1. The Balaban J connectivity index is 2.13. The average Bonchev–Trinajstić information content (AvgIpc) is 2.91. The van der Waals surface area contributed by atoms with Gasteiger partial charge in [-0.2, -0.15) is 16.9 Å². The molecule has 1 N–H and O–H groups in total. The van der Waals surface area contributed by atoms with Gasteiger partial charge in [0, 0.05) is 48.9 Å². The topological polar surface area (TPSA) is 48.7 Å². The summed E-state index contributed by atoms with van der Waals surface area (Å²) >= 11 is 2.04. The fourth-order valence-corrected chi connectivity index (χ4v) is 4.09. The molecule has 1 aliphatic rings. The van der Waals surface area contributed by atoms with Crippen LogP contribution in [0.15, 0.2) is 17.4 Å². The predicted octanol–water partition coefficient (Wildman–Crippen LogP) is 1.82. The van der Waals surface area contributed by atoms with Gasteiger partial charge in [0.2, 0.25) is 0 Å². The minimum absolute atomic E-state index is 0.236. The lowest BCUT2D eigenvalue weighted by Gasteiger charge is -2.39. The SMILES string of the molecule is CCNC(=NCC(c1cnn(C)c1)N(C)C)N1CCSC(C)(C)C1. The molecule has 1 unspecified atom stereocenters. The van der Waals surface area contributed by atoms with Gasteiger partial charge in [0.25, 0.3) is 0 Å². The summed E-state index contributed by atoms with van der Waals surface area (Å²) in [5.41, 5.74) is 1.21. The number of nitrogens with zero attached hydrogens (tertiary/aromatic N) is 5. The van der Waals surface area contributed by atoms with Crippen molar-refractivity contribution in [2.75, 3.05) is 46.0 Å². The van der Waals surface area contributed by atoms with Crippen molar-refractivity contribution in [1.82, 2.24) is 24.9 Å². The highest BCUT2D eigenvalue weighted by atomic mass is 32.2. The second-order valence-electron chi connectivity index (χ2n) is 7.15. The monoisotopic (exact) mass is 352 g/mol. The third-order valence-electron chi connectivity index (χ3n) is 4.21. The van der Waals surface area contributed by atoms with Crippen molar-refractivity contribution >= 4 is 17.7 Å². The maximum absolute atomic E-state index is 4.95. The fraction of sp³-hybridized carbons (Fsp3) is 0.765. The van der Waals surface area contributed by atoms with E-state index in [2.05, 4.69) is 61.3 Å². The zero-order chi connectivity index (χ0) is 17.7. The largest absolute Gasteiger partial charge is 0.357 e. The second-order valence-corrected chi connectivity index (χ2v) is 8.95. The van der Waals surface area contributed by atoms with E-state index in [-0.39, 0.29) is 10.8 Å². The summed E-state index contributed by atoms with van der Waals surface area (Å²) in [4.78, 5) is 9.56. The Morgan fingerprint density at radius 1 is 1.50 bits per heavy atom. The van der Waals surface area contributed by atoms with Crippen molar-refractivity contribution in [1.29, 1.82) is 0 Å². The minimum Gasteiger partial charge on any atom is -0.357 e. The molecule has 0 bridgehead atoms. The molecule has 1 aromatic rings. The first kappa shape index (κ1) is 19.1. The maximum Gasteiger partial charge on any atom is 0.194 e. The fourth-order valence-electron chi connectivity index (χ4n) is 2.98. The predicted molar refractivity (Wildman–Crippen MR) is 104 cm³/mol. The summed E-state index contributed by atoms with van der Waals surface area (Å²) in [7, 11) is 6.15. The summed E-state index contributed by atoms with van der Waals surface area (Å²) in [6, 6.07) is 0.236. The second kappa shape index (κ2) is 8.25. The molecule has 0 aromatic carbocycles. The summed E-state index contributed by atoms with van der Waals surface area (Å²) < 4.78 is 2.13. The van der Waals surface area contributed by atoms with Gasteiger partial charge in [0.1, 0.15) is 0 Å². The van der Waals surface area contributed by atoms with Crippen molar-refractivity contribution < 1.29 is 0 Å². The molecule has 1 saturated heterocycles. The van der Waals surface area contributed by atoms with Crippen molar-refractivity contribution in [2.45, 2.75) is 31.6 Å². The maximum atomic E-state index is 4.95. The number of hydrogen-bond donors (Lipinski definition) is 1. The smallest absolute Gasteiger partial charge is 0.194 e. The number of guanidine groups is 1. The normalized spacial score (nSPS) is 19.6. The van der Waals surface area contributed by atoms with Crippen LogP contribution < -0.4 is 5.32 Å². The number of thioether (sulfide) groups is 1. The van der Waals surface area contributed by atoms with Gasteiger partial charge in [-0.05, 0) is 34.9 Å². The molecule has 2 rings (SSSR count). The molecule has 7 heteroatoms. The van der Waals surface area contributed by atoms with Crippen LogP contribution >= 0.6 is 11.8 Å². The number of aryl methyl sites for hydroxylation is 1. The number of likely N-dealkylation sites (N-methyl/N-ethyl adjacent to an activating group) is 1. The van der Waals surface area contributed by atoms with E-state index >= 15 is 0 Å². The lowest BCUT2D eigenvalue weighted by molar-refractivity contribution is 0.303. The van der Waals surface area contributed by atoms with Crippen LogP contribution in [0.2, 0.25) is 0 Å². The molecule has 1 atom stereocenters. The quantitative estimate of drug-likeness (QED) is 0.647. The van der Waals surface area contributed by atoms with E-state index in [4.69, 9.17) is 4.99 Å². The summed E-state index contributed by atoms with van der Waals surface area (Å²) in [6.45, 7) is 10.5. The highest BCUT2D eigenvalue weighted by molar-refractivity contribution is 8.00. The number of rotatable bonds is 5. The first-order valence-electron chi connectivity index (χ1n) is 8.64. The molecule has 1 aliphatic heterocycles. The van der Waals surface area contributed by atoms with Crippen molar-refractivity contribution in [2.24, 2.45) is 12.0 Å². The van der Waals surface area contributed by atoms with Crippen molar-refractivity contribution in [3.63, 3.8) is 0 Å². The first-order valence-corrected chi connectivity index (χ1v) is 9.63. The van der Waals surface area contributed by atoms with E-state index in [1.165, 1.54) is 5.56 Å². The van der Waals surface area contributed by atoms with Crippen LogP contribution in [0.4, 0.5) is 0 Å².